The van der Waals surface area contributed by atoms with Gasteiger partial charge >= 0.3 is 0 Å². The van der Waals surface area contributed by atoms with Gasteiger partial charge in [-0.05, 0) is 13.0 Å². The van der Waals surface area contributed by atoms with Gasteiger partial charge in [0, 0.05) is 31.9 Å². The van der Waals surface area contributed by atoms with E-state index in [1.54, 1.807) is 13.0 Å². The first kappa shape index (κ1) is 14.6. The third kappa shape index (κ3) is 3.38. The number of alkyl halides is 2. The molecular formula is C12H16F3N5. The number of aryl methyl sites for hydroxylation is 2. The van der Waals surface area contributed by atoms with Crippen molar-refractivity contribution in [3.63, 3.8) is 0 Å². The van der Waals surface area contributed by atoms with Crippen LogP contribution in [0.1, 0.15) is 17.0 Å². The highest BCUT2D eigenvalue weighted by Crippen LogP contribution is 2.10. The van der Waals surface area contributed by atoms with Crippen LogP contribution in [0.5, 0.6) is 0 Å². The minimum atomic E-state index is -2.43. The predicted octanol–water partition coefficient (Wildman–Crippen LogP) is 1.62. The highest BCUT2D eigenvalue weighted by atomic mass is 19.3. The number of hydrogen-bond donors (Lipinski definition) is 1. The van der Waals surface area contributed by atoms with Crippen molar-refractivity contribution in [2.45, 2.75) is 33.0 Å². The highest BCUT2D eigenvalue weighted by molar-refractivity contribution is 5.17. The summed E-state index contributed by atoms with van der Waals surface area (Å²) in [4.78, 5) is 0. The monoisotopic (exact) mass is 287 g/mol. The minimum absolute atomic E-state index is 0.313. The summed E-state index contributed by atoms with van der Waals surface area (Å²) >= 11 is 0. The van der Waals surface area contributed by atoms with Gasteiger partial charge in [-0.15, -0.1) is 0 Å². The fourth-order valence-electron chi connectivity index (χ4n) is 1.93. The van der Waals surface area contributed by atoms with Crippen LogP contribution in [-0.2, 0) is 26.7 Å². The van der Waals surface area contributed by atoms with Crippen molar-refractivity contribution in [3.05, 3.63) is 35.2 Å². The number of hydrogen-bond acceptors (Lipinski definition) is 3. The number of nitrogens with one attached hydrogen (secondary N) is 1. The van der Waals surface area contributed by atoms with Crippen LogP contribution in [0.15, 0.2) is 12.3 Å². The summed E-state index contributed by atoms with van der Waals surface area (Å²) in [6, 6.07) is 1.65. The Morgan fingerprint density at radius 2 is 2.05 bits per heavy atom. The molecule has 0 fully saturated rings. The lowest BCUT2D eigenvalue weighted by Crippen LogP contribution is -2.15. The lowest BCUT2D eigenvalue weighted by atomic mass is 10.2. The molecule has 8 heteroatoms. The minimum Gasteiger partial charge on any atom is -0.307 e. The molecule has 20 heavy (non-hydrogen) atoms. The average Bonchev–Trinajstić information content (AvgIpc) is 2.88. The van der Waals surface area contributed by atoms with E-state index in [1.165, 1.54) is 22.6 Å². The molecular weight excluding hydrogens is 271 g/mol. The summed E-state index contributed by atoms with van der Waals surface area (Å²) in [5.41, 5.74) is 1.76. The summed E-state index contributed by atoms with van der Waals surface area (Å²) in [6.45, 7) is 2.00. The second kappa shape index (κ2) is 6.08. The molecule has 2 aromatic rings. The Hall–Kier alpha value is -1.83. The van der Waals surface area contributed by atoms with Gasteiger partial charge in [-0.2, -0.15) is 14.6 Å². The lowest BCUT2D eigenvalue weighted by molar-refractivity contribution is 0.121. The molecule has 5 nitrogen and oxygen atoms in total. The third-order valence-electron chi connectivity index (χ3n) is 2.90. The molecule has 0 aliphatic heterocycles. The van der Waals surface area contributed by atoms with E-state index in [1.807, 2.05) is 0 Å². The van der Waals surface area contributed by atoms with E-state index in [9.17, 15) is 13.2 Å². The molecule has 0 atom stereocenters. The van der Waals surface area contributed by atoms with Crippen LogP contribution in [-0.4, -0.2) is 26.0 Å². The van der Waals surface area contributed by atoms with Gasteiger partial charge in [0.15, 0.2) is 0 Å². The zero-order valence-corrected chi connectivity index (χ0v) is 11.3. The van der Waals surface area contributed by atoms with Gasteiger partial charge < -0.3 is 5.32 Å². The van der Waals surface area contributed by atoms with Crippen molar-refractivity contribution in [2.24, 2.45) is 7.05 Å². The van der Waals surface area contributed by atoms with Crippen molar-refractivity contribution in [1.82, 2.24) is 24.9 Å². The molecule has 110 valence electrons. The van der Waals surface area contributed by atoms with Gasteiger partial charge in [-0.1, -0.05) is 0 Å². The number of aromatic nitrogens is 4. The Kier molecular flexibility index (Phi) is 4.43. The number of rotatable bonds is 6. The van der Waals surface area contributed by atoms with Gasteiger partial charge in [-0.3, -0.25) is 4.68 Å². The molecule has 0 radical (unpaired) electrons. The van der Waals surface area contributed by atoms with Crippen LogP contribution in [0, 0.1) is 12.9 Å². The molecule has 0 spiro atoms. The molecule has 2 aromatic heterocycles. The standard InChI is InChI=1S/C12H16F3N5/c1-8-10(12(15)19(2)17-8)6-16-5-9-3-4-20(18-9)7-11(13)14/h3-4,11,16H,5-7H2,1-2H3. The third-order valence-corrected chi connectivity index (χ3v) is 2.90. The zero-order valence-electron chi connectivity index (χ0n) is 11.3. The molecule has 0 aromatic carbocycles. The first-order valence-electron chi connectivity index (χ1n) is 6.16. The topological polar surface area (TPSA) is 47.7 Å². The van der Waals surface area contributed by atoms with Crippen molar-refractivity contribution in [3.8, 4) is 0 Å². The normalized spacial score (nSPS) is 11.5. The Morgan fingerprint density at radius 1 is 1.30 bits per heavy atom. The molecule has 2 rings (SSSR count). The van der Waals surface area contributed by atoms with Gasteiger partial charge in [0.05, 0.1) is 11.4 Å². The maximum atomic E-state index is 13.7. The van der Waals surface area contributed by atoms with Crippen molar-refractivity contribution in [1.29, 1.82) is 0 Å². The zero-order chi connectivity index (χ0) is 14.7. The van der Waals surface area contributed by atoms with E-state index >= 15 is 0 Å². The molecule has 0 amide bonds. The van der Waals surface area contributed by atoms with Gasteiger partial charge in [0.25, 0.3) is 6.43 Å². The number of halogens is 3. The summed E-state index contributed by atoms with van der Waals surface area (Å²) in [5.74, 6) is -0.377. The smallest absolute Gasteiger partial charge is 0.257 e. The molecule has 0 saturated heterocycles. The second-order valence-corrected chi connectivity index (χ2v) is 4.50. The predicted molar refractivity (Wildman–Crippen MR) is 66.7 cm³/mol. The van der Waals surface area contributed by atoms with E-state index in [-0.39, 0.29) is 5.95 Å². The molecule has 1 N–H and O–H groups in total. The Morgan fingerprint density at radius 3 is 2.65 bits per heavy atom. The SMILES string of the molecule is Cc1nn(C)c(F)c1CNCc1ccn(CC(F)F)n1. The first-order chi connectivity index (χ1) is 9.47. The molecule has 2 heterocycles. The average molecular weight is 287 g/mol. The van der Waals surface area contributed by atoms with Crippen LogP contribution in [0.2, 0.25) is 0 Å². The van der Waals surface area contributed by atoms with Crippen molar-refractivity contribution in [2.75, 3.05) is 0 Å². The maximum absolute atomic E-state index is 13.7. The fourth-order valence-corrected chi connectivity index (χ4v) is 1.93. The maximum Gasteiger partial charge on any atom is 0.257 e. The van der Waals surface area contributed by atoms with Crippen molar-refractivity contribution < 1.29 is 13.2 Å². The van der Waals surface area contributed by atoms with Crippen LogP contribution < -0.4 is 5.32 Å². The van der Waals surface area contributed by atoms with Crippen molar-refractivity contribution >= 4 is 0 Å². The number of nitrogens with zero attached hydrogens (tertiary/aromatic N) is 4. The Labute approximate surface area is 114 Å². The van der Waals surface area contributed by atoms with Crippen LogP contribution in [0.25, 0.3) is 0 Å². The lowest BCUT2D eigenvalue weighted by Gasteiger charge is -2.02. The highest BCUT2D eigenvalue weighted by Gasteiger charge is 2.12. The van der Waals surface area contributed by atoms with Gasteiger partial charge in [-0.25, -0.2) is 13.5 Å². The molecule has 0 saturated carbocycles. The Bertz CT molecular complexity index is 576. The summed E-state index contributed by atoms with van der Waals surface area (Å²) in [7, 11) is 1.54. The summed E-state index contributed by atoms with van der Waals surface area (Å²) < 4.78 is 40.4. The van der Waals surface area contributed by atoms with Crippen LogP contribution >= 0.6 is 0 Å². The molecule has 0 unspecified atom stereocenters. The fraction of sp³-hybridized carbons (Fsp3) is 0.500. The van der Waals surface area contributed by atoms with E-state index in [0.717, 1.165) is 0 Å². The van der Waals surface area contributed by atoms with Crippen LogP contribution in [0.3, 0.4) is 0 Å². The summed E-state index contributed by atoms with van der Waals surface area (Å²) in [5, 5.41) is 11.0. The van der Waals surface area contributed by atoms with E-state index in [0.29, 0.717) is 30.0 Å². The largest absolute Gasteiger partial charge is 0.307 e. The quantitative estimate of drug-likeness (QED) is 0.878. The second-order valence-electron chi connectivity index (χ2n) is 4.50. The summed E-state index contributed by atoms with van der Waals surface area (Å²) in [6.07, 6.45) is -0.929. The van der Waals surface area contributed by atoms with E-state index in [4.69, 9.17) is 0 Å². The first-order valence-corrected chi connectivity index (χ1v) is 6.16. The van der Waals surface area contributed by atoms with E-state index < -0.39 is 13.0 Å². The van der Waals surface area contributed by atoms with Gasteiger partial charge in [0.1, 0.15) is 6.54 Å². The van der Waals surface area contributed by atoms with E-state index in [2.05, 4.69) is 15.5 Å². The molecule has 0 bridgehead atoms. The Balaban J connectivity index is 1.88. The van der Waals surface area contributed by atoms with Gasteiger partial charge in [0.2, 0.25) is 5.95 Å². The molecule has 0 aliphatic rings. The molecule has 0 aliphatic carbocycles. The van der Waals surface area contributed by atoms with Crippen LogP contribution in [0.4, 0.5) is 13.2 Å².